The Bertz CT molecular complexity index is 98.3. The fourth-order valence-electron chi connectivity index (χ4n) is 1.85. The van der Waals surface area contributed by atoms with Gasteiger partial charge in [0.15, 0.2) is 0 Å². The van der Waals surface area contributed by atoms with E-state index in [0.29, 0.717) is 0 Å². The van der Waals surface area contributed by atoms with Crippen LogP contribution in [0.4, 0.5) is 0 Å². The first-order chi connectivity index (χ1) is 5.14. The van der Waals surface area contributed by atoms with Crippen LogP contribution in [0.5, 0.6) is 0 Å². The second kappa shape index (κ2) is 5.38. The van der Waals surface area contributed by atoms with Crippen molar-refractivity contribution in [1.82, 2.24) is 0 Å². The Kier molecular flexibility index (Phi) is 5.74. The smallest absolute Gasteiger partial charge is 0.143 e. The fraction of sp³-hybridized carbons (Fsp3) is 1.00. The van der Waals surface area contributed by atoms with Crippen molar-refractivity contribution in [1.29, 1.82) is 0 Å². The SMILES string of the molecule is CC[SiH](CC)[Si](Cl)(CC)CC. The van der Waals surface area contributed by atoms with E-state index in [1.807, 2.05) is 0 Å². The molecule has 0 amide bonds. The van der Waals surface area contributed by atoms with E-state index in [9.17, 15) is 0 Å². The summed E-state index contributed by atoms with van der Waals surface area (Å²) in [4.78, 5) is 0. The average Bonchev–Trinajstić information content (AvgIpc) is 2.06. The maximum Gasteiger partial charge on any atom is 0.143 e. The third kappa shape index (κ3) is 2.92. The van der Waals surface area contributed by atoms with Crippen molar-refractivity contribution in [2.45, 2.75) is 51.9 Å². The standard InChI is InChI=1S/C8H21ClSi2/c1-5-10(6-2)11(9,7-3)8-4/h10H,5-8H2,1-4H3. The minimum Gasteiger partial charge on any atom is -0.171 e. The van der Waals surface area contributed by atoms with Gasteiger partial charge < -0.3 is 0 Å². The highest BCUT2D eigenvalue weighted by atomic mass is 35.6. The molecule has 0 aliphatic carbocycles. The van der Waals surface area contributed by atoms with Crippen LogP contribution < -0.4 is 0 Å². The van der Waals surface area contributed by atoms with Gasteiger partial charge in [-0.1, -0.05) is 39.8 Å². The summed E-state index contributed by atoms with van der Waals surface area (Å²) in [6.45, 7) is 8.01. The van der Waals surface area contributed by atoms with Crippen LogP contribution in [-0.4, -0.2) is 15.2 Å². The van der Waals surface area contributed by atoms with E-state index >= 15 is 0 Å². The highest BCUT2D eigenvalue weighted by molar-refractivity contribution is 7.53. The lowest BCUT2D eigenvalue weighted by atomic mass is 10.9. The molecule has 68 valence electrons. The Labute approximate surface area is 78.4 Å². The Morgan fingerprint density at radius 2 is 1.36 bits per heavy atom. The maximum absolute atomic E-state index is 6.68. The van der Waals surface area contributed by atoms with Crippen molar-refractivity contribution >= 4 is 26.3 Å². The van der Waals surface area contributed by atoms with Crippen LogP contribution in [0, 0.1) is 0 Å². The van der Waals surface area contributed by atoms with Crippen molar-refractivity contribution in [3.63, 3.8) is 0 Å². The third-order valence-electron chi connectivity index (χ3n) is 2.89. The highest BCUT2D eigenvalue weighted by Gasteiger charge is 2.34. The first-order valence-electron chi connectivity index (χ1n) is 4.83. The van der Waals surface area contributed by atoms with E-state index in [-0.39, 0.29) is 0 Å². The summed E-state index contributed by atoms with van der Waals surface area (Å²) in [5, 5.41) is 0. The Morgan fingerprint density at radius 1 is 1.00 bits per heavy atom. The molecule has 0 aliphatic rings. The van der Waals surface area contributed by atoms with E-state index < -0.39 is 15.2 Å². The Morgan fingerprint density at radius 3 is 1.45 bits per heavy atom. The lowest BCUT2D eigenvalue weighted by molar-refractivity contribution is 1.28. The quantitative estimate of drug-likeness (QED) is 0.479. The molecule has 0 N–H and O–H groups in total. The molecule has 0 radical (unpaired) electrons. The molecule has 0 aliphatic heterocycles. The molecule has 0 saturated carbocycles. The fourth-order valence-corrected chi connectivity index (χ4v) is 16.2. The minimum atomic E-state index is -1.22. The maximum atomic E-state index is 6.68. The molecule has 0 aromatic carbocycles. The Balaban J connectivity index is 4.19. The summed E-state index contributed by atoms with van der Waals surface area (Å²) in [5.74, 6) is 0. The van der Waals surface area contributed by atoms with Gasteiger partial charge >= 0.3 is 0 Å². The number of hydrogen-bond donors (Lipinski definition) is 0. The monoisotopic (exact) mass is 208 g/mol. The summed E-state index contributed by atoms with van der Waals surface area (Å²) in [6, 6.07) is 5.41. The van der Waals surface area contributed by atoms with E-state index in [0.717, 1.165) is 0 Å². The van der Waals surface area contributed by atoms with Gasteiger partial charge in [0, 0.05) is 8.31 Å². The van der Waals surface area contributed by atoms with Crippen molar-refractivity contribution in [2.75, 3.05) is 0 Å². The zero-order chi connectivity index (χ0) is 8.91. The third-order valence-corrected chi connectivity index (χ3v) is 22.3. The van der Waals surface area contributed by atoms with Crippen LogP contribution in [0.1, 0.15) is 27.7 Å². The van der Waals surface area contributed by atoms with Crippen LogP contribution in [0.3, 0.4) is 0 Å². The van der Waals surface area contributed by atoms with E-state index in [2.05, 4.69) is 27.7 Å². The molecule has 0 aromatic rings. The minimum absolute atomic E-state index is 0.518. The first-order valence-corrected chi connectivity index (χ1v) is 11.7. The van der Waals surface area contributed by atoms with Crippen LogP contribution in [0.2, 0.25) is 24.2 Å². The summed E-state index contributed by atoms with van der Waals surface area (Å²) < 4.78 is 0. The molecule has 0 heterocycles. The second-order valence-corrected chi connectivity index (χ2v) is 18.9. The molecule has 11 heavy (non-hydrogen) atoms. The predicted octanol–water partition coefficient (Wildman–Crippen LogP) is 3.56. The van der Waals surface area contributed by atoms with Gasteiger partial charge in [-0.2, -0.15) is 11.1 Å². The van der Waals surface area contributed by atoms with Gasteiger partial charge in [0.25, 0.3) is 0 Å². The molecule has 0 unspecified atom stereocenters. The average molecular weight is 209 g/mol. The van der Waals surface area contributed by atoms with Crippen molar-refractivity contribution in [3.05, 3.63) is 0 Å². The molecule has 0 aromatic heterocycles. The van der Waals surface area contributed by atoms with Gasteiger partial charge in [0.05, 0.1) is 0 Å². The molecule has 0 fully saturated rings. The van der Waals surface area contributed by atoms with Crippen molar-refractivity contribution in [2.24, 2.45) is 0 Å². The molecule has 3 heteroatoms. The van der Waals surface area contributed by atoms with Crippen LogP contribution in [0.15, 0.2) is 0 Å². The number of hydrogen-bond acceptors (Lipinski definition) is 0. The largest absolute Gasteiger partial charge is 0.171 e. The molecular weight excluding hydrogens is 188 g/mol. The highest BCUT2D eigenvalue weighted by Crippen LogP contribution is 2.27. The molecule has 0 atom stereocenters. The van der Waals surface area contributed by atoms with Crippen LogP contribution in [0.25, 0.3) is 0 Å². The first kappa shape index (κ1) is 11.7. The van der Waals surface area contributed by atoms with Gasteiger partial charge in [-0.3, -0.25) is 0 Å². The summed E-state index contributed by atoms with van der Waals surface area (Å²) in [6.07, 6.45) is 0. The second-order valence-electron chi connectivity index (χ2n) is 3.26. The zero-order valence-corrected chi connectivity index (χ0v) is 11.2. The van der Waals surface area contributed by atoms with Crippen LogP contribution >= 0.6 is 11.1 Å². The molecule has 0 saturated heterocycles. The molecule has 0 rings (SSSR count). The lowest BCUT2D eigenvalue weighted by Crippen LogP contribution is -2.44. The van der Waals surface area contributed by atoms with Crippen molar-refractivity contribution in [3.8, 4) is 0 Å². The molecule has 0 nitrogen and oxygen atoms in total. The summed E-state index contributed by atoms with van der Waals surface area (Å²) >= 11 is 6.68. The van der Waals surface area contributed by atoms with Crippen molar-refractivity contribution < 1.29 is 0 Å². The van der Waals surface area contributed by atoms with Gasteiger partial charge in [0.2, 0.25) is 0 Å². The van der Waals surface area contributed by atoms with E-state index in [1.165, 1.54) is 24.2 Å². The topological polar surface area (TPSA) is 0 Å². The van der Waals surface area contributed by atoms with E-state index in [4.69, 9.17) is 11.1 Å². The van der Waals surface area contributed by atoms with Gasteiger partial charge in [-0.25, -0.2) is 0 Å². The predicted molar refractivity (Wildman–Crippen MR) is 60.7 cm³/mol. The summed E-state index contributed by atoms with van der Waals surface area (Å²) in [7, 11) is -0.518. The van der Waals surface area contributed by atoms with Gasteiger partial charge in [-0.05, 0) is 12.1 Å². The summed E-state index contributed by atoms with van der Waals surface area (Å²) in [5.41, 5.74) is 0. The normalized spacial score (nSPS) is 12.5. The number of rotatable bonds is 5. The molecular formula is C8H21ClSi2. The van der Waals surface area contributed by atoms with Gasteiger partial charge in [-0.15, -0.1) is 0 Å². The molecule has 0 bridgehead atoms. The van der Waals surface area contributed by atoms with Crippen LogP contribution in [-0.2, 0) is 0 Å². The lowest BCUT2D eigenvalue weighted by Gasteiger charge is -2.28. The zero-order valence-electron chi connectivity index (χ0n) is 8.28. The molecule has 0 spiro atoms. The van der Waals surface area contributed by atoms with Gasteiger partial charge in [0.1, 0.15) is 6.90 Å². The Hall–Kier alpha value is 0.724. The number of halogens is 1. The van der Waals surface area contributed by atoms with E-state index in [1.54, 1.807) is 0 Å².